The number of amides is 1. The Morgan fingerprint density at radius 2 is 2.12 bits per heavy atom. The van der Waals surface area contributed by atoms with Crippen LogP contribution in [0.5, 0.6) is 0 Å². The molecule has 0 radical (unpaired) electrons. The maximum absolute atomic E-state index is 11.9. The Hall–Kier alpha value is -0.830. The lowest BCUT2D eigenvalue weighted by Crippen LogP contribution is -2.28. The monoisotopic (exact) mass is 281 g/mol. The molecule has 2 rings (SSSR count). The van der Waals surface area contributed by atoms with Gasteiger partial charge in [-0.05, 0) is 24.0 Å². The topological polar surface area (TPSA) is 20.3 Å². The third kappa shape index (κ3) is 2.46. The number of hydrogen-bond donors (Lipinski definition) is 0. The first-order chi connectivity index (χ1) is 7.59. The molecule has 0 bridgehead atoms. The highest BCUT2D eigenvalue weighted by Crippen LogP contribution is 2.39. The molecule has 2 atom stereocenters. The van der Waals surface area contributed by atoms with Crippen molar-refractivity contribution in [3.63, 3.8) is 0 Å². The predicted molar refractivity (Wildman–Crippen MR) is 67.9 cm³/mol. The molecular formula is C13H16BrNO. The van der Waals surface area contributed by atoms with Crippen molar-refractivity contribution in [3.8, 4) is 0 Å². The number of carbonyl (C=O) groups is 1. The quantitative estimate of drug-likeness (QED) is 0.834. The van der Waals surface area contributed by atoms with Gasteiger partial charge >= 0.3 is 0 Å². The first-order valence-corrected chi connectivity index (χ1v) is 6.37. The second-order valence-corrected chi connectivity index (χ2v) is 5.46. The molecule has 2 unspecified atom stereocenters. The lowest BCUT2D eigenvalue weighted by atomic mass is 10.2. The van der Waals surface area contributed by atoms with E-state index >= 15 is 0 Å². The molecule has 2 nitrogen and oxygen atoms in total. The van der Waals surface area contributed by atoms with Crippen molar-refractivity contribution >= 4 is 21.8 Å². The molecule has 0 saturated heterocycles. The van der Waals surface area contributed by atoms with Crippen LogP contribution in [-0.2, 0) is 11.3 Å². The summed E-state index contributed by atoms with van der Waals surface area (Å²) in [7, 11) is 1.88. The fraction of sp³-hybridized carbons (Fsp3) is 0.462. The summed E-state index contributed by atoms with van der Waals surface area (Å²) < 4.78 is 1.07. The van der Waals surface area contributed by atoms with Gasteiger partial charge in [0.25, 0.3) is 0 Å². The van der Waals surface area contributed by atoms with E-state index in [1.165, 1.54) is 0 Å². The normalized spacial score (nSPS) is 22.9. The Balaban J connectivity index is 1.99. The van der Waals surface area contributed by atoms with Crippen LogP contribution in [0.4, 0.5) is 0 Å². The van der Waals surface area contributed by atoms with Gasteiger partial charge in [0.15, 0.2) is 0 Å². The average molecular weight is 282 g/mol. The first kappa shape index (κ1) is 11.6. The van der Waals surface area contributed by atoms with Gasteiger partial charge < -0.3 is 4.90 Å². The Morgan fingerprint density at radius 1 is 1.50 bits per heavy atom. The standard InChI is InChI=1S/C13H16BrNO/c1-9-7-11(9)13(16)15(2)8-10-5-3-4-6-12(10)14/h3-6,9,11H,7-8H2,1-2H3. The molecule has 1 saturated carbocycles. The van der Waals surface area contributed by atoms with E-state index in [9.17, 15) is 4.79 Å². The van der Waals surface area contributed by atoms with Crippen LogP contribution >= 0.6 is 15.9 Å². The summed E-state index contributed by atoms with van der Waals surface area (Å²) in [6.45, 7) is 2.82. The fourth-order valence-corrected chi connectivity index (χ4v) is 2.32. The molecule has 16 heavy (non-hydrogen) atoms. The molecule has 1 aliphatic rings. The minimum Gasteiger partial charge on any atom is -0.341 e. The number of hydrogen-bond acceptors (Lipinski definition) is 1. The minimum absolute atomic E-state index is 0.271. The fourth-order valence-electron chi connectivity index (χ4n) is 1.91. The van der Waals surface area contributed by atoms with Gasteiger partial charge in [-0.3, -0.25) is 4.79 Å². The van der Waals surface area contributed by atoms with Crippen LogP contribution in [0.2, 0.25) is 0 Å². The highest BCUT2D eigenvalue weighted by atomic mass is 79.9. The van der Waals surface area contributed by atoms with E-state index in [-0.39, 0.29) is 11.8 Å². The molecule has 0 aliphatic heterocycles. The predicted octanol–water partition coefficient (Wildman–Crippen LogP) is 3.06. The molecule has 1 aliphatic carbocycles. The lowest BCUT2D eigenvalue weighted by Gasteiger charge is -2.18. The largest absolute Gasteiger partial charge is 0.341 e. The van der Waals surface area contributed by atoms with E-state index in [0.29, 0.717) is 12.5 Å². The number of benzene rings is 1. The molecule has 0 aromatic heterocycles. The zero-order valence-corrected chi connectivity index (χ0v) is 11.2. The van der Waals surface area contributed by atoms with Gasteiger partial charge in [0.2, 0.25) is 5.91 Å². The molecule has 1 aromatic rings. The second kappa shape index (κ2) is 4.58. The third-order valence-electron chi connectivity index (χ3n) is 3.17. The van der Waals surface area contributed by atoms with Crippen molar-refractivity contribution in [3.05, 3.63) is 34.3 Å². The van der Waals surface area contributed by atoms with Gasteiger partial charge in [-0.2, -0.15) is 0 Å². The Kier molecular flexibility index (Phi) is 3.33. The molecule has 3 heteroatoms. The molecule has 1 fully saturated rings. The van der Waals surface area contributed by atoms with E-state index < -0.39 is 0 Å². The number of rotatable bonds is 3. The highest BCUT2D eigenvalue weighted by Gasteiger charge is 2.40. The summed E-state index contributed by atoms with van der Waals surface area (Å²) in [5.74, 6) is 1.13. The molecule has 0 N–H and O–H groups in total. The SMILES string of the molecule is CC1CC1C(=O)N(C)Cc1ccccc1Br. The van der Waals surface area contributed by atoms with E-state index in [4.69, 9.17) is 0 Å². The summed E-state index contributed by atoms with van der Waals surface area (Å²) in [5, 5.41) is 0. The van der Waals surface area contributed by atoms with Crippen LogP contribution < -0.4 is 0 Å². The van der Waals surface area contributed by atoms with Crippen LogP contribution in [0.3, 0.4) is 0 Å². The zero-order valence-electron chi connectivity index (χ0n) is 9.61. The second-order valence-electron chi connectivity index (χ2n) is 4.61. The van der Waals surface area contributed by atoms with Gasteiger partial charge in [-0.1, -0.05) is 41.1 Å². The van der Waals surface area contributed by atoms with Crippen LogP contribution in [0.1, 0.15) is 18.9 Å². The Morgan fingerprint density at radius 3 is 2.69 bits per heavy atom. The van der Waals surface area contributed by atoms with Crippen molar-refractivity contribution in [2.24, 2.45) is 11.8 Å². The van der Waals surface area contributed by atoms with E-state index in [0.717, 1.165) is 16.5 Å². The van der Waals surface area contributed by atoms with Crippen LogP contribution in [0, 0.1) is 11.8 Å². The summed E-state index contributed by atoms with van der Waals surface area (Å²) in [4.78, 5) is 13.8. The van der Waals surface area contributed by atoms with E-state index in [2.05, 4.69) is 22.9 Å². The highest BCUT2D eigenvalue weighted by molar-refractivity contribution is 9.10. The summed E-state index contributed by atoms with van der Waals surface area (Å²) in [6.07, 6.45) is 1.05. The van der Waals surface area contributed by atoms with Crippen LogP contribution in [-0.4, -0.2) is 17.9 Å². The van der Waals surface area contributed by atoms with Gasteiger partial charge in [-0.15, -0.1) is 0 Å². The van der Waals surface area contributed by atoms with Crippen molar-refractivity contribution in [1.82, 2.24) is 4.90 Å². The molecular weight excluding hydrogens is 266 g/mol. The Labute approximate surface area is 105 Å². The van der Waals surface area contributed by atoms with Crippen molar-refractivity contribution in [1.29, 1.82) is 0 Å². The molecule has 86 valence electrons. The number of nitrogens with zero attached hydrogens (tertiary/aromatic N) is 1. The van der Waals surface area contributed by atoms with Crippen molar-refractivity contribution in [2.45, 2.75) is 19.9 Å². The summed E-state index contributed by atoms with van der Waals surface area (Å²) in [5.41, 5.74) is 1.16. The van der Waals surface area contributed by atoms with Gasteiger partial charge in [0, 0.05) is 24.0 Å². The van der Waals surface area contributed by atoms with E-state index in [1.54, 1.807) is 0 Å². The summed E-state index contributed by atoms with van der Waals surface area (Å²) in [6, 6.07) is 8.04. The first-order valence-electron chi connectivity index (χ1n) is 5.58. The molecule has 0 spiro atoms. The zero-order chi connectivity index (χ0) is 11.7. The van der Waals surface area contributed by atoms with Crippen LogP contribution in [0.15, 0.2) is 28.7 Å². The minimum atomic E-state index is 0.271. The van der Waals surface area contributed by atoms with Gasteiger partial charge in [-0.25, -0.2) is 0 Å². The average Bonchev–Trinajstić information content (AvgIpc) is 2.98. The number of carbonyl (C=O) groups excluding carboxylic acids is 1. The van der Waals surface area contributed by atoms with Gasteiger partial charge in [0.05, 0.1) is 0 Å². The van der Waals surface area contributed by atoms with Crippen molar-refractivity contribution in [2.75, 3.05) is 7.05 Å². The number of halogens is 1. The summed E-state index contributed by atoms with van der Waals surface area (Å²) >= 11 is 3.50. The molecule has 1 aromatic carbocycles. The Bertz CT molecular complexity index is 405. The van der Waals surface area contributed by atoms with Crippen molar-refractivity contribution < 1.29 is 4.79 Å². The third-order valence-corrected chi connectivity index (χ3v) is 3.94. The van der Waals surface area contributed by atoms with E-state index in [1.807, 2.05) is 36.2 Å². The molecule has 0 heterocycles. The molecule has 1 amide bonds. The smallest absolute Gasteiger partial charge is 0.226 e. The lowest BCUT2D eigenvalue weighted by molar-refractivity contribution is -0.132. The van der Waals surface area contributed by atoms with Gasteiger partial charge in [0.1, 0.15) is 0 Å². The van der Waals surface area contributed by atoms with Crippen LogP contribution in [0.25, 0.3) is 0 Å². The maximum Gasteiger partial charge on any atom is 0.226 e. The maximum atomic E-state index is 11.9.